The molecule has 0 bridgehead atoms. The Hall–Kier alpha value is -3.42. The van der Waals surface area contributed by atoms with Crippen molar-refractivity contribution < 1.29 is 14.3 Å². The largest absolute Gasteiger partial charge is 0.487 e. The minimum absolute atomic E-state index is 0.194. The molecule has 132 valence electrons. The molecule has 1 atom stereocenters. The lowest BCUT2D eigenvalue weighted by molar-refractivity contribution is 0.0995. The minimum atomic E-state index is -0.562. The van der Waals surface area contributed by atoms with Crippen LogP contribution >= 0.6 is 0 Å². The number of hydrogen-bond acceptors (Lipinski definition) is 7. The number of pyridine rings is 3. The van der Waals surface area contributed by atoms with Gasteiger partial charge in [-0.2, -0.15) is 0 Å². The predicted molar refractivity (Wildman–Crippen MR) is 95.5 cm³/mol. The van der Waals surface area contributed by atoms with E-state index in [0.29, 0.717) is 29.4 Å². The van der Waals surface area contributed by atoms with Crippen molar-refractivity contribution in [1.29, 1.82) is 0 Å². The number of carbonyl (C=O) groups is 1. The molecule has 26 heavy (non-hydrogen) atoms. The maximum Gasteiger partial charge on any atom is 0.267 e. The summed E-state index contributed by atoms with van der Waals surface area (Å²) >= 11 is 0. The predicted octanol–water partition coefficient (Wildman–Crippen LogP) is 1.70. The minimum Gasteiger partial charge on any atom is -0.487 e. The first-order valence-corrected chi connectivity index (χ1v) is 8.04. The highest BCUT2D eigenvalue weighted by Crippen LogP contribution is 2.41. The first kappa shape index (κ1) is 16.1. The first-order chi connectivity index (χ1) is 12.6. The van der Waals surface area contributed by atoms with E-state index in [1.807, 2.05) is 24.1 Å². The van der Waals surface area contributed by atoms with Crippen LogP contribution in [0.2, 0.25) is 0 Å². The van der Waals surface area contributed by atoms with Gasteiger partial charge in [-0.15, -0.1) is 0 Å². The lowest BCUT2D eigenvalue weighted by Gasteiger charge is -2.35. The van der Waals surface area contributed by atoms with Crippen molar-refractivity contribution in [3.63, 3.8) is 0 Å². The van der Waals surface area contributed by atoms with E-state index in [-0.39, 0.29) is 11.7 Å². The van der Waals surface area contributed by atoms with Gasteiger partial charge in [0.1, 0.15) is 29.5 Å². The van der Waals surface area contributed by atoms with Crippen LogP contribution in [0.3, 0.4) is 0 Å². The summed E-state index contributed by atoms with van der Waals surface area (Å²) < 4.78 is 11.1. The lowest BCUT2D eigenvalue weighted by Crippen LogP contribution is -2.34. The second kappa shape index (κ2) is 6.14. The zero-order chi connectivity index (χ0) is 18.3. The monoisotopic (exact) mass is 351 g/mol. The van der Waals surface area contributed by atoms with Crippen molar-refractivity contribution in [3.8, 4) is 11.6 Å². The third-order valence-corrected chi connectivity index (χ3v) is 4.42. The SMILES string of the molecule is COc1ccc2ncc3c(c2n1)N(C)C(c1cccc(C(N)=O)n1)CO3. The van der Waals surface area contributed by atoms with Crippen molar-refractivity contribution in [1.82, 2.24) is 15.0 Å². The van der Waals surface area contributed by atoms with Crippen LogP contribution in [0, 0.1) is 0 Å². The van der Waals surface area contributed by atoms with E-state index in [9.17, 15) is 4.79 Å². The topological polar surface area (TPSA) is 103 Å². The van der Waals surface area contributed by atoms with Gasteiger partial charge in [-0.3, -0.25) is 9.78 Å². The summed E-state index contributed by atoms with van der Waals surface area (Å²) in [4.78, 5) is 26.8. The summed E-state index contributed by atoms with van der Waals surface area (Å²) in [5, 5.41) is 0. The highest BCUT2D eigenvalue weighted by atomic mass is 16.5. The van der Waals surface area contributed by atoms with E-state index in [4.69, 9.17) is 15.2 Å². The molecule has 1 amide bonds. The molecule has 4 rings (SSSR count). The molecule has 1 aliphatic heterocycles. The van der Waals surface area contributed by atoms with E-state index in [0.717, 1.165) is 11.2 Å². The molecule has 1 unspecified atom stereocenters. The average molecular weight is 351 g/mol. The zero-order valence-electron chi connectivity index (χ0n) is 14.3. The van der Waals surface area contributed by atoms with Gasteiger partial charge < -0.3 is 20.1 Å². The fourth-order valence-electron chi connectivity index (χ4n) is 3.07. The number of likely N-dealkylation sites (N-methyl/N-ethyl adjacent to an activating group) is 1. The van der Waals surface area contributed by atoms with Gasteiger partial charge in [0.05, 0.1) is 24.5 Å². The van der Waals surface area contributed by atoms with Gasteiger partial charge in [0.25, 0.3) is 5.91 Å². The molecular formula is C18H17N5O3. The molecule has 8 heteroatoms. The van der Waals surface area contributed by atoms with Gasteiger partial charge in [-0.05, 0) is 18.2 Å². The smallest absolute Gasteiger partial charge is 0.267 e. The highest BCUT2D eigenvalue weighted by Gasteiger charge is 2.30. The van der Waals surface area contributed by atoms with Crippen LogP contribution < -0.4 is 20.1 Å². The maximum atomic E-state index is 11.4. The summed E-state index contributed by atoms with van der Waals surface area (Å²) in [5.74, 6) is 0.577. The number of ether oxygens (including phenoxy) is 2. The molecule has 3 aromatic rings. The number of hydrogen-bond donors (Lipinski definition) is 1. The van der Waals surface area contributed by atoms with Crippen LogP contribution in [0.25, 0.3) is 11.0 Å². The molecule has 0 saturated heterocycles. The van der Waals surface area contributed by atoms with Gasteiger partial charge in [-0.1, -0.05) is 6.07 Å². The van der Waals surface area contributed by atoms with Crippen molar-refractivity contribution in [3.05, 3.63) is 47.9 Å². The number of primary amides is 1. The number of methoxy groups -OCH3 is 1. The summed E-state index contributed by atoms with van der Waals surface area (Å²) in [6.07, 6.45) is 1.69. The van der Waals surface area contributed by atoms with Gasteiger partial charge >= 0.3 is 0 Å². The molecule has 2 N–H and O–H groups in total. The van der Waals surface area contributed by atoms with Crippen LogP contribution in [-0.4, -0.2) is 41.6 Å². The van der Waals surface area contributed by atoms with Gasteiger partial charge in [-0.25, -0.2) is 9.97 Å². The van der Waals surface area contributed by atoms with Crippen molar-refractivity contribution in [2.45, 2.75) is 6.04 Å². The Morgan fingerprint density at radius 1 is 1.31 bits per heavy atom. The fourth-order valence-corrected chi connectivity index (χ4v) is 3.07. The summed E-state index contributed by atoms with van der Waals surface area (Å²) in [6.45, 7) is 0.371. The maximum absolute atomic E-state index is 11.4. The number of rotatable bonds is 3. The average Bonchev–Trinajstić information content (AvgIpc) is 2.67. The molecule has 8 nitrogen and oxygen atoms in total. The third-order valence-electron chi connectivity index (χ3n) is 4.42. The third kappa shape index (κ3) is 2.55. The lowest BCUT2D eigenvalue weighted by atomic mass is 10.1. The molecule has 0 radical (unpaired) electrons. The molecule has 0 saturated carbocycles. The van der Waals surface area contributed by atoms with Crippen LogP contribution in [0.1, 0.15) is 22.2 Å². The summed E-state index contributed by atoms with van der Waals surface area (Å²) in [6, 6.07) is 8.62. The van der Waals surface area contributed by atoms with Crippen LogP contribution in [0.5, 0.6) is 11.6 Å². The Morgan fingerprint density at radius 2 is 2.15 bits per heavy atom. The van der Waals surface area contributed by atoms with Gasteiger partial charge in [0.15, 0.2) is 5.75 Å². The Kier molecular flexibility index (Phi) is 3.80. The quantitative estimate of drug-likeness (QED) is 0.766. The van der Waals surface area contributed by atoms with Crippen LogP contribution in [0.4, 0.5) is 5.69 Å². The molecule has 1 aliphatic rings. The first-order valence-electron chi connectivity index (χ1n) is 8.04. The van der Waals surface area contributed by atoms with Crippen molar-refractivity contribution in [2.75, 3.05) is 25.7 Å². The number of amides is 1. The van der Waals surface area contributed by atoms with Crippen molar-refractivity contribution in [2.24, 2.45) is 5.73 Å². The number of aromatic nitrogens is 3. The number of nitrogens with zero attached hydrogens (tertiary/aromatic N) is 4. The summed E-state index contributed by atoms with van der Waals surface area (Å²) in [5.41, 5.74) is 8.49. The van der Waals surface area contributed by atoms with E-state index in [1.165, 1.54) is 0 Å². The highest BCUT2D eigenvalue weighted by molar-refractivity contribution is 5.92. The molecule has 0 fully saturated rings. The Labute approximate surface area is 149 Å². The normalized spacial score (nSPS) is 16.1. The van der Waals surface area contributed by atoms with E-state index in [1.54, 1.807) is 31.5 Å². The van der Waals surface area contributed by atoms with Gasteiger partial charge in [0, 0.05) is 13.1 Å². The van der Waals surface area contributed by atoms with Crippen molar-refractivity contribution >= 4 is 22.6 Å². The Morgan fingerprint density at radius 3 is 2.92 bits per heavy atom. The van der Waals surface area contributed by atoms with E-state index < -0.39 is 5.91 Å². The Balaban J connectivity index is 1.82. The number of nitrogens with two attached hydrogens (primary N) is 1. The van der Waals surface area contributed by atoms with E-state index in [2.05, 4.69) is 15.0 Å². The Bertz CT molecular complexity index is 1000. The second-order valence-corrected chi connectivity index (χ2v) is 5.94. The molecule has 0 spiro atoms. The fraction of sp³-hybridized carbons (Fsp3) is 0.222. The molecule has 3 aromatic heterocycles. The number of anilines is 1. The van der Waals surface area contributed by atoms with Crippen LogP contribution in [0.15, 0.2) is 36.5 Å². The molecule has 4 heterocycles. The standard InChI is InChI=1S/C18H17N5O3/c1-23-13(10-4-3-5-12(21-10)18(19)24)9-26-14-8-20-11-6-7-15(25-2)22-16(11)17(14)23/h3-8,13H,9H2,1-2H3,(H2,19,24). The molecular weight excluding hydrogens is 334 g/mol. The number of carbonyl (C=O) groups excluding carboxylic acids is 1. The van der Waals surface area contributed by atoms with E-state index >= 15 is 0 Å². The number of fused-ring (bicyclic) bond motifs is 3. The van der Waals surface area contributed by atoms with Gasteiger partial charge in [0.2, 0.25) is 5.88 Å². The molecule has 0 aromatic carbocycles. The summed E-state index contributed by atoms with van der Waals surface area (Å²) in [7, 11) is 3.50. The zero-order valence-corrected chi connectivity index (χ0v) is 14.3. The second-order valence-electron chi connectivity index (χ2n) is 5.94. The van der Waals surface area contributed by atoms with Crippen LogP contribution in [-0.2, 0) is 0 Å². The molecule has 0 aliphatic carbocycles.